The molecule has 0 aliphatic heterocycles. The van der Waals surface area contributed by atoms with E-state index in [0.29, 0.717) is 11.5 Å². The van der Waals surface area contributed by atoms with E-state index >= 15 is 0 Å². The second-order valence-corrected chi connectivity index (χ2v) is 5.34. The average molecular weight is 221 g/mol. The molecule has 88 valence electrons. The quantitative estimate of drug-likeness (QED) is 0.826. The van der Waals surface area contributed by atoms with Gasteiger partial charge in [0.15, 0.2) is 0 Å². The van der Waals surface area contributed by atoms with Gasteiger partial charge in [0.05, 0.1) is 0 Å². The Kier molecular flexibility index (Phi) is 3.29. The van der Waals surface area contributed by atoms with Crippen molar-refractivity contribution in [3.8, 4) is 0 Å². The Morgan fingerprint density at radius 1 is 1.38 bits per heavy atom. The van der Waals surface area contributed by atoms with E-state index in [9.17, 15) is 4.39 Å². The minimum atomic E-state index is -0.145. The van der Waals surface area contributed by atoms with E-state index < -0.39 is 0 Å². The molecule has 1 aliphatic rings. The van der Waals surface area contributed by atoms with Crippen LogP contribution in [0.15, 0.2) is 24.3 Å². The summed E-state index contributed by atoms with van der Waals surface area (Å²) in [5.41, 5.74) is 1.63. The maximum absolute atomic E-state index is 12.8. The van der Waals surface area contributed by atoms with E-state index in [-0.39, 0.29) is 5.82 Å². The molecule has 0 bridgehead atoms. The Hall–Kier alpha value is -0.890. The first-order valence-electron chi connectivity index (χ1n) is 6.03. The fourth-order valence-electron chi connectivity index (χ4n) is 2.82. The molecule has 1 nitrogen and oxygen atoms in total. The van der Waals surface area contributed by atoms with Crippen LogP contribution in [0, 0.1) is 11.2 Å². The summed E-state index contributed by atoms with van der Waals surface area (Å²) in [5.74, 6) is -0.145. The van der Waals surface area contributed by atoms with Gasteiger partial charge >= 0.3 is 0 Å². The fraction of sp³-hybridized carbons (Fsp3) is 0.571. The molecule has 2 heteroatoms. The van der Waals surface area contributed by atoms with Crippen molar-refractivity contribution in [2.24, 2.45) is 5.41 Å². The molecule has 1 aliphatic carbocycles. The highest BCUT2D eigenvalue weighted by Gasteiger charge is 2.34. The third kappa shape index (κ3) is 2.62. The van der Waals surface area contributed by atoms with Crippen molar-refractivity contribution in [3.05, 3.63) is 35.6 Å². The van der Waals surface area contributed by atoms with E-state index in [1.54, 1.807) is 12.1 Å². The van der Waals surface area contributed by atoms with Crippen LogP contribution in [0.3, 0.4) is 0 Å². The van der Waals surface area contributed by atoms with Gasteiger partial charge in [0.25, 0.3) is 0 Å². The summed E-state index contributed by atoms with van der Waals surface area (Å²) in [7, 11) is 2.04. The third-order valence-corrected chi connectivity index (χ3v) is 3.79. The zero-order valence-corrected chi connectivity index (χ0v) is 10.1. The number of benzene rings is 1. The van der Waals surface area contributed by atoms with Gasteiger partial charge in [0, 0.05) is 6.04 Å². The monoisotopic (exact) mass is 221 g/mol. The molecule has 0 amide bonds. The van der Waals surface area contributed by atoms with Crippen LogP contribution in [0.1, 0.15) is 31.7 Å². The SMILES string of the molecule is CNC1CCC(C)(Cc2ccc(F)cc2)C1. The van der Waals surface area contributed by atoms with E-state index in [1.807, 2.05) is 19.2 Å². The van der Waals surface area contributed by atoms with Gasteiger partial charge in [-0.05, 0) is 55.8 Å². The summed E-state index contributed by atoms with van der Waals surface area (Å²) in [6.07, 6.45) is 4.80. The molecular formula is C14H20FN. The van der Waals surface area contributed by atoms with Gasteiger partial charge in [-0.25, -0.2) is 4.39 Å². The minimum Gasteiger partial charge on any atom is -0.317 e. The molecule has 0 spiro atoms. The van der Waals surface area contributed by atoms with Crippen LogP contribution < -0.4 is 5.32 Å². The zero-order chi connectivity index (χ0) is 11.6. The average Bonchev–Trinajstić information content (AvgIpc) is 2.64. The van der Waals surface area contributed by atoms with Gasteiger partial charge in [0.1, 0.15) is 5.82 Å². The van der Waals surface area contributed by atoms with Crippen LogP contribution in [0.25, 0.3) is 0 Å². The Bertz CT molecular complexity index is 346. The van der Waals surface area contributed by atoms with E-state index in [2.05, 4.69) is 12.2 Å². The lowest BCUT2D eigenvalue weighted by Crippen LogP contribution is -2.24. The molecular weight excluding hydrogens is 201 g/mol. The van der Waals surface area contributed by atoms with Crippen molar-refractivity contribution >= 4 is 0 Å². The molecule has 1 saturated carbocycles. The molecule has 1 fully saturated rings. The first kappa shape index (κ1) is 11.6. The van der Waals surface area contributed by atoms with E-state index in [1.165, 1.54) is 24.8 Å². The van der Waals surface area contributed by atoms with Crippen LogP contribution in [0.5, 0.6) is 0 Å². The first-order chi connectivity index (χ1) is 7.61. The molecule has 1 aromatic rings. The van der Waals surface area contributed by atoms with Crippen molar-refractivity contribution < 1.29 is 4.39 Å². The molecule has 2 unspecified atom stereocenters. The highest BCUT2D eigenvalue weighted by atomic mass is 19.1. The summed E-state index contributed by atoms with van der Waals surface area (Å²) < 4.78 is 12.8. The number of halogens is 1. The maximum Gasteiger partial charge on any atom is 0.123 e. The highest BCUT2D eigenvalue weighted by Crippen LogP contribution is 2.40. The second-order valence-electron chi connectivity index (χ2n) is 5.34. The number of hydrogen-bond acceptors (Lipinski definition) is 1. The fourth-order valence-corrected chi connectivity index (χ4v) is 2.82. The van der Waals surface area contributed by atoms with Crippen LogP contribution in [0.2, 0.25) is 0 Å². The van der Waals surface area contributed by atoms with Crippen molar-refractivity contribution in [3.63, 3.8) is 0 Å². The van der Waals surface area contributed by atoms with Gasteiger partial charge in [-0.15, -0.1) is 0 Å². The Morgan fingerprint density at radius 3 is 2.62 bits per heavy atom. The number of rotatable bonds is 3. The van der Waals surface area contributed by atoms with Crippen LogP contribution in [-0.4, -0.2) is 13.1 Å². The summed E-state index contributed by atoms with van der Waals surface area (Å²) >= 11 is 0. The second kappa shape index (κ2) is 4.54. The lowest BCUT2D eigenvalue weighted by Gasteiger charge is -2.24. The topological polar surface area (TPSA) is 12.0 Å². The van der Waals surface area contributed by atoms with Crippen LogP contribution in [0.4, 0.5) is 4.39 Å². The highest BCUT2D eigenvalue weighted by molar-refractivity contribution is 5.18. The lowest BCUT2D eigenvalue weighted by atomic mass is 9.82. The molecule has 0 saturated heterocycles. The molecule has 0 radical (unpaired) electrons. The number of nitrogens with one attached hydrogen (secondary N) is 1. The van der Waals surface area contributed by atoms with Gasteiger partial charge in [-0.2, -0.15) is 0 Å². The molecule has 0 aromatic heterocycles. The molecule has 0 heterocycles. The van der Waals surface area contributed by atoms with Crippen molar-refractivity contribution in [1.82, 2.24) is 5.32 Å². The van der Waals surface area contributed by atoms with E-state index in [4.69, 9.17) is 0 Å². The molecule has 16 heavy (non-hydrogen) atoms. The minimum absolute atomic E-state index is 0.145. The van der Waals surface area contributed by atoms with Crippen LogP contribution >= 0.6 is 0 Å². The Labute approximate surface area is 97.1 Å². The van der Waals surface area contributed by atoms with Crippen molar-refractivity contribution in [2.45, 2.75) is 38.6 Å². The smallest absolute Gasteiger partial charge is 0.123 e. The van der Waals surface area contributed by atoms with Gasteiger partial charge in [-0.3, -0.25) is 0 Å². The van der Waals surface area contributed by atoms with Gasteiger partial charge in [0.2, 0.25) is 0 Å². The molecule has 2 rings (SSSR count). The molecule has 1 aromatic carbocycles. The zero-order valence-electron chi connectivity index (χ0n) is 10.1. The van der Waals surface area contributed by atoms with Crippen molar-refractivity contribution in [2.75, 3.05) is 7.05 Å². The Balaban J connectivity index is 2.01. The maximum atomic E-state index is 12.8. The molecule has 1 N–H and O–H groups in total. The van der Waals surface area contributed by atoms with Gasteiger partial charge < -0.3 is 5.32 Å². The first-order valence-corrected chi connectivity index (χ1v) is 6.03. The molecule has 2 atom stereocenters. The number of hydrogen-bond donors (Lipinski definition) is 1. The van der Waals surface area contributed by atoms with E-state index in [0.717, 1.165) is 6.42 Å². The summed E-state index contributed by atoms with van der Waals surface area (Å²) in [6.45, 7) is 2.34. The van der Waals surface area contributed by atoms with Crippen molar-refractivity contribution in [1.29, 1.82) is 0 Å². The summed E-state index contributed by atoms with van der Waals surface area (Å²) in [6, 6.07) is 7.60. The normalized spacial score (nSPS) is 29.6. The van der Waals surface area contributed by atoms with Gasteiger partial charge in [-0.1, -0.05) is 19.1 Å². The lowest BCUT2D eigenvalue weighted by molar-refractivity contribution is 0.324. The Morgan fingerprint density at radius 2 is 2.06 bits per heavy atom. The summed E-state index contributed by atoms with van der Waals surface area (Å²) in [4.78, 5) is 0. The predicted molar refractivity (Wildman–Crippen MR) is 64.9 cm³/mol. The third-order valence-electron chi connectivity index (χ3n) is 3.79. The largest absolute Gasteiger partial charge is 0.317 e. The van der Waals surface area contributed by atoms with Crippen LogP contribution in [-0.2, 0) is 6.42 Å². The standard InChI is InChI=1S/C14H20FN/c1-14(8-7-13(10-14)16-2)9-11-3-5-12(15)6-4-11/h3-6,13,16H,7-10H2,1-2H3. The predicted octanol–water partition coefficient (Wildman–Crippen LogP) is 3.15. The summed E-state index contributed by atoms with van der Waals surface area (Å²) in [5, 5.41) is 3.35.